The minimum absolute atomic E-state index is 0.0909. The van der Waals surface area contributed by atoms with Crippen molar-refractivity contribution < 1.29 is 14.3 Å². The fourth-order valence-corrected chi connectivity index (χ4v) is 1.85. The molecular weight excluding hydrogens is 244 g/mol. The maximum Gasteiger partial charge on any atom is 0.323 e. The van der Waals surface area contributed by atoms with Gasteiger partial charge in [0, 0.05) is 12.1 Å². The lowest BCUT2D eigenvalue weighted by molar-refractivity contribution is -0.144. The molecule has 104 valence electrons. The summed E-state index contributed by atoms with van der Waals surface area (Å²) in [5.74, 6) is -0.698. The van der Waals surface area contributed by atoms with Crippen LogP contribution in [0.1, 0.15) is 29.8 Å². The maximum absolute atomic E-state index is 11.6. The van der Waals surface area contributed by atoms with Gasteiger partial charge < -0.3 is 15.8 Å². The Balaban J connectivity index is 2.80. The van der Waals surface area contributed by atoms with Crippen LogP contribution >= 0.6 is 0 Å². The first-order valence-electron chi connectivity index (χ1n) is 6.16. The topological polar surface area (TPSA) is 81.4 Å². The van der Waals surface area contributed by atoms with Crippen LogP contribution in [0.25, 0.3) is 0 Å². The Morgan fingerprint density at radius 3 is 2.47 bits per heavy atom. The van der Waals surface area contributed by atoms with Crippen LogP contribution in [-0.2, 0) is 16.1 Å². The molecule has 0 heterocycles. The second-order valence-corrected chi connectivity index (χ2v) is 4.65. The molecule has 3 N–H and O–H groups in total. The first-order valence-corrected chi connectivity index (χ1v) is 6.16. The zero-order valence-electron chi connectivity index (χ0n) is 11.5. The number of carbonyl (C=O) groups excluding carboxylic acids is 2. The van der Waals surface area contributed by atoms with E-state index in [1.165, 1.54) is 7.11 Å². The number of carbonyl (C=O) groups is 2. The van der Waals surface area contributed by atoms with Crippen LogP contribution in [0.3, 0.4) is 0 Å². The number of hydrogen-bond acceptors (Lipinski definition) is 4. The van der Waals surface area contributed by atoms with Crippen LogP contribution in [0, 0.1) is 5.92 Å². The summed E-state index contributed by atoms with van der Waals surface area (Å²) in [5.41, 5.74) is 6.54. The highest BCUT2D eigenvalue weighted by atomic mass is 16.5. The lowest BCUT2D eigenvalue weighted by Gasteiger charge is -2.20. The Bertz CT molecular complexity index is 458. The molecule has 0 bridgehead atoms. The lowest BCUT2D eigenvalue weighted by atomic mass is 10.0. The van der Waals surface area contributed by atoms with Crippen molar-refractivity contribution in [1.29, 1.82) is 0 Å². The fourth-order valence-electron chi connectivity index (χ4n) is 1.85. The lowest BCUT2D eigenvalue weighted by Crippen LogP contribution is -2.41. The fraction of sp³-hybridized carbons (Fsp3) is 0.429. The van der Waals surface area contributed by atoms with Crippen molar-refractivity contribution in [2.45, 2.75) is 26.4 Å². The second-order valence-electron chi connectivity index (χ2n) is 4.65. The van der Waals surface area contributed by atoms with Gasteiger partial charge in [-0.15, -0.1) is 0 Å². The molecule has 0 saturated carbocycles. The van der Waals surface area contributed by atoms with Gasteiger partial charge in [-0.25, -0.2) is 0 Å². The minimum atomic E-state index is -0.475. The van der Waals surface area contributed by atoms with Gasteiger partial charge in [0.15, 0.2) is 0 Å². The van der Waals surface area contributed by atoms with E-state index in [2.05, 4.69) is 5.32 Å². The predicted molar refractivity (Wildman–Crippen MR) is 72.4 cm³/mol. The van der Waals surface area contributed by atoms with Crippen molar-refractivity contribution in [3.63, 3.8) is 0 Å². The number of primary amides is 1. The molecular formula is C14H20N2O3. The highest BCUT2D eigenvalue weighted by molar-refractivity contribution is 5.94. The summed E-state index contributed by atoms with van der Waals surface area (Å²) in [6, 6.07) is 6.64. The van der Waals surface area contributed by atoms with E-state index in [0.717, 1.165) is 5.56 Å². The van der Waals surface area contributed by atoms with Crippen molar-refractivity contribution in [3.05, 3.63) is 35.4 Å². The summed E-state index contributed by atoms with van der Waals surface area (Å²) in [6.45, 7) is 4.24. The molecule has 0 aliphatic rings. The van der Waals surface area contributed by atoms with Crippen molar-refractivity contribution in [2.75, 3.05) is 7.11 Å². The van der Waals surface area contributed by atoms with Crippen LogP contribution < -0.4 is 11.1 Å². The third kappa shape index (κ3) is 4.06. The van der Waals surface area contributed by atoms with Crippen LogP contribution in [-0.4, -0.2) is 25.0 Å². The number of hydrogen-bond donors (Lipinski definition) is 2. The summed E-state index contributed by atoms with van der Waals surface area (Å²) in [6.07, 6.45) is 0. The Kier molecular flexibility index (Phi) is 5.51. The smallest absolute Gasteiger partial charge is 0.323 e. The average Bonchev–Trinajstić information content (AvgIpc) is 2.38. The van der Waals surface area contributed by atoms with Gasteiger partial charge >= 0.3 is 5.97 Å². The quantitative estimate of drug-likeness (QED) is 0.753. The molecule has 19 heavy (non-hydrogen) atoms. The average molecular weight is 264 g/mol. The van der Waals surface area contributed by atoms with Crippen molar-refractivity contribution in [3.8, 4) is 0 Å². The second kappa shape index (κ2) is 6.89. The maximum atomic E-state index is 11.6. The van der Waals surface area contributed by atoms with Gasteiger partial charge in [0.1, 0.15) is 6.04 Å². The largest absolute Gasteiger partial charge is 0.468 e. The highest BCUT2D eigenvalue weighted by Gasteiger charge is 2.22. The zero-order chi connectivity index (χ0) is 14.4. The Labute approximate surface area is 113 Å². The van der Waals surface area contributed by atoms with Crippen LogP contribution in [0.5, 0.6) is 0 Å². The SMILES string of the molecule is COC(=O)C(NCc1ccccc1C(N)=O)C(C)C. The number of benzene rings is 1. The first-order chi connectivity index (χ1) is 8.97. The molecule has 5 nitrogen and oxygen atoms in total. The molecule has 1 unspecified atom stereocenters. The molecule has 0 spiro atoms. The first kappa shape index (κ1) is 15.2. The number of esters is 1. The van der Waals surface area contributed by atoms with Crippen molar-refractivity contribution >= 4 is 11.9 Å². The van der Waals surface area contributed by atoms with E-state index < -0.39 is 11.9 Å². The van der Waals surface area contributed by atoms with Crippen molar-refractivity contribution in [2.24, 2.45) is 11.7 Å². The molecule has 0 saturated heterocycles. The summed E-state index contributed by atoms with van der Waals surface area (Å²) in [7, 11) is 1.36. The van der Waals surface area contributed by atoms with Gasteiger partial charge in [0.25, 0.3) is 0 Å². The predicted octanol–water partition coefficient (Wildman–Crippen LogP) is 1.07. The van der Waals surface area contributed by atoms with Crippen molar-refractivity contribution in [1.82, 2.24) is 5.32 Å². The summed E-state index contributed by atoms with van der Waals surface area (Å²) in [5, 5.41) is 3.10. The molecule has 0 radical (unpaired) electrons. The van der Waals surface area contributed by atoms with Gasteiger partial charge in [-0.05, 0) is 17.5 Å². The molecule has 0 aliphatic heterocycles. The number of rotatable bonds is 6. The molecule has 1 rings (SSSR count). The molecule has 0 aromatic heterocycles. The van der Waals surface area contributed by atoms with Crippen LogP contribution in [0.4, 0.5) is 0 Å². The Morgan fingerprint density at radius 2 is 1.95 bits per heavy atom. The molecule has 0 fully saturated rings. The van der Waals surface area contributed by atoms with E-state index in [1.54, 1.807) is 12.1 Å². The Hall–Kier alpha value is -1.88. The van der Waals surface area contributed by atoms with E-state index in [9.17, 15) is 9.59 Å². The molecule has 1 atom stereocenters. The number of ether oxygens (including phenoxy) is 1. The third-order valence-electron chi connectivity index (χ3n) is 2.92. The minimum Gasteiger partial charge on any atom is -0.468 e. The highest BCUT2D eigenvalue weighted by Crippen LogP contribution is 2.10. The normalized spacial score (nSPS) is 12.2. The molecule has 1 aromatic carbocycles. The summed E-state index contributed by atoms with van der Waals surface area (Å²) in [4.78, 5) is 22.9. The molecule has 5 heteroatoms. The third-order valence-corrected chi connectivity index (χ3v) is 2.92. The number of nitrogens with one attached hydrogen (secondary N) is 1. The standard InChI is InChI=1S/C14H20N2O3/c1-9(2)12(14(18)19-3)16-8-10-6-4-5-7-11(10)13(15)17/h4-7,9,12,16H,8H2,1-3H3,(H2,15,17). The molecule has 0 aliphatic carbocycles. The van der Waals surface area contributed by atoms with Gasteiger partial charge in [-0.1, -0.05) is 32.0 Å². The summed E-state index contributed by atoms with van der Waals surface area (Å²) < 4.78 is 4.75. The van der Waals surface area contributed by atoms with E-state index in [0.29, 0.717) is 12.1 Å². The monoisotopic (exact) mass is 264 g/mol. The Morgan fingerprint density at radius 1 is 1.32 bits per heavy atom. The van der Waals surface area contributed by atoms with E-state index in [4.69, 9.17) is 10.5 Å². The number of amides is 1. The molecule has 1 amide bonds. The van der Waals surface area contributed by atoms with Gasteiger partial charge in [-0.2, -0.15) is 0 Å². The van der Waals surface area contributed by atoms with Crippen LogP contribution in [0.15, 0.2) is 24.3 Å². The van der Waals surface area contributed by atoms with Gasteiger partial charge in [0.2, 0.25) is 5.91 Å². The number of methoxy groups -OCH3 is 1. The van der Waals surface area contributed by atoms with E-state index in [1.807, 2.05) is 26.0 Å². The van der Waals surface area contributed by atoms with Gasteiger partial charge in [0.05, 0.1) is 7.11 Å². The van der Waals surface area contributed by atoms with Gasteiger partial charge in [-0.3, -0.25) is 9.59 Å². The van der Waals surface area contributed by atoms with E-state index >= 15 is 0 Å². The van der Waals surface area contributed by atoms with E-state index in [-0.39, 0.29) is 11.9 Å². The number of nitrogens with two attached hydrogens (primary N) is 1. The zero-order valence-corrected chi connectivity index (χ0v) is 11.5. The molecule has 1 aromatic rings. The van der Waals surface area contributed by atoms with Crippen LogP contribution in [0.2, 0.25) is 0 Å². The summed E-state index contributed by atoms with van der Waals surface area (Å²) >= 11 is 0.